The van der Waals surface area contributed by atoms with Gasteiger partial charge in [-0.15, -0.1) is 0 Å². The van der Waals surface area contributed by atoms with E-state index in [-0.39, 0.29) is 5.91 Å². The lowest BCUT2D eigenvalue weighted by molar-refractivity contribution is 0.102. The van der Waals surface area contributed by atoms with Gasteiger partial charge in [0, 0.05) is 28.5 Å². The minimum atomic E-state index is -0.126. The Kier molecular flexibility index (Phi) is 4.64. The summed E-state index contributed by atoms with van der Waals surface area (Å²) in [5.41, 5.74) is 3.47. The molecule has 0 aromatic heterocycles. The van der Waals surface area contributed by atoms with Gasteiger partial charge in [-0.05, 0) is 61.9 Å². The van der Waals surface area contributed by atoms with Crippen LogP contribution in [0.15, 0.2) is 42.5 Å². The molecule has 3 nitrogen and oxygen atoms in total. The number of benzene rings is 2. The number of halogens is 1. The topological polar surface area (TPSA) is 41.1 Å². The zero-order valence-electron chi connectivity index (χ0n) is 11.5. The van der Waals surface area contributed by atoms with Crippen LogP contribution >= 0.6 is 11.6 Å². The summed E-state index contributed by atoms with van der Waals surface area (Å²) in [6, 6.07) is 12.7. The average molecular weight is 289 g/mol. The Labute approximate surface area is 124 Å². The largest absolute Gasteiger partial charge is 0.385 e. The molecule has 0 fully saturated rings. The number of hydrogen-bond donors (Lipinski definition) is 2. The van der Waals surface area contributed by atoms with Crippen molar-refractivity contribution >= 4 is 28.9 Å². The molecule has 4 heteroatoms. The van der Waals surface area contributed by atoms with Crippen LogP contribution in [0.2, 0.25) is 5.02 Å². The molecule has 2 N–H and O–H groups in total. The van der Waals surface area contributed by atoms with E-state index in [1.54, 1.807) is 24.3 Å². The van der Waals surface area contributed by atoms with Crippen molar-refractivity contribution in [2.24, 2.45) is 0 Å². The Morgan fingerprint density at radius 2 is 1.85 bits per heavy atom. The molecule has 1 amide bonds. The Morgan fingerprint density at radius 3 is 2.45 bits per heavy atom. The maximum atomic E-state index is 12.2. The third-order valence-corrected chi connectivity index (χ3v) is 3.21. The number of amides is 1. The molecule has 20 heavy (non-hydrogen) atoms. The maximum Gasteiger partial charge on any atom is 0.255 e. The van der Waals surface area contributed by atoms with Gasteiger partial charge in [0.25, 0.3) is 5.91 Å². The van der Waals surface area contributed by atoms with E-state index in [4.69, 9.17) is 11.6 Å². The number of nitrogens with one attached hydrogen (secondary N) is 2. The molecular formula is C16H17ClN2O. The molecule has 0 unspecified atom stereocenters. The number of hydrogen-bond acceptors (Lipinski definition) is 2. The van der Waals surface area contributed by atoms with E-state index in [0.29, 0.717) is 10.6 Å². The summed E-state index contributed by atoms with van der Waals surface area (Å²) in [5.74, 6) is -0.126. The number of carbonyl (C=O) groups excluding carboxylic acids is 1. The van der Waals surface area contributed by atoms with Gasteiger partial charge in [-0.1, -0.05) is 11.6 Å². The molecule has 0 bridgehead atoms. The molecule has 0 radical (unpaired) electrons. The number of aryl methyl sites for hydroxylation is 1. The van der Waals surface area contributed by atoms with E-state index in [1.807, 2.05) is 32.0 Å². The maximum absolute atomic E-state index is 12.2. The van der Waals surface area contributed by atoms with Crippen LogP contribution in [0.4, 0.5) is 11.4 Å². The van der Waals surface area contributed by atoms with Crippen LogP contribution in [-0.4, -0.2) is 12.5 Å². The number of carbonyl (C=O) groups is 1. The fourth-order valence-electron chi connectivity index (χ4n) is 1.93. The van der Waals surface area contributed by atoms with E-state index in [0.717, 1.165) is 23.5 Å². The fraction of sp³-hybridized carbons (Fsp3) is 0.188. The molecule has 2 aromatic carbocycles. The molecule has 104 valence electrons. The van der Waals surface area contributed by atoms with Gasteiger partial charge in [0.15, 0.2) is 0 Å². The normalized spacial score (nSPS) is 10.2. The average Bonchev–Trinajstić information content (AvgIpc) is 2.44. The highest BCUT2D eigenvalue weighted by Crippen LogP contribution is 2.18. The SMILES string of the molecule is CCNc1ccc(C(=O)Nc2ccc(Cl)cc2)cc1C. The number of anilines is 2. The Morgan fingerprint density at radius 1 is 1.15 bits per heavy atom. The summed E-state index contributed by atoms with van der Waals surface area (Å²) >= 11 is 5.81. The second-order valence-electron chi connectivity index (χ2n) is 4.52. The van der Waals surface area contributed by atoms with Crippen molar-refractivity contribution in [1.82, 2.24) is 0 Å². The summed E-state index contributed by atoms with van der Waals surface area (Å²) in [6.07, 6.45) is 0. The predicted molar refractivity (Wildman–Crippen MR) is 84.7 cm³/mol. The first-order chi connectivity index (χ1) is 9.60. The zero-order valence-corrected chi connectivity index (χ0v) is 12.3. The van der Waals surface area contributed by atoms with Crippen molar-refractivity contribution in [1.29, 1.82) is 0 Å². The molecule has 0 saturated heterocycles. The first kappa shape index (κ1) is 14.4. The highest BCUT2D eigenvalue weighted by Gasteiger charge is 2.08. The van der Waals surface area contributed by atoms with Crippen LogP contribution < -0.4 is 10.6 Å². The molecule has 2 rings (SSSR count). The quantitative estimate of drug-likeness (QED) is 0.879. The van der Waals surface area contributed by atoms with Crippen LogP contribution in [0.3, 0.4) is 0 Å². The van der Waals surface area contributed by atoms with Gasteiger partial charge in [0.1, 0.15) is 0 Å². The van der Waals surface area contributed by atoms with Gasteiger partial charge in [-0.3, -0.25) is 4.79 Å². The van der Waals surface area contributed by atoms with Gasteiger partial charge in [0.05, 0.1) is 0 Å². The highest BCUT2D eigenvalue weighted by molar-refractivity contribution is 6.30. The minimum absolute atomic E-state index is 0.126. The smallest absolute Gasteiger partial charge is 0.255 e. The lowest BCUT2D eigenvalue weighted by Gasteiger charge is -2.10. The van der Waals surface area contributed by atoms with Gasteiger partial charge in [-0.25, -0.2) is 0 Å². The lowest BCUT2D eigenvalue weighted by Crippen LogP contribution is -2.12. The van der Waals surface area contributed by atoms with Crippen molar-refractivity contribution in [3.63, 3.8) is 0 Å². The van der Waals surface area contributed by atoms with Crippen LogP contribution in [0, 0.1) is 6.92 Å². The third-order valence-electron chi connectivity index (χ3n) is 2.96. The lowest BCUT2D eigenvalue weighted by atomic mass is 10.1. The zero-order chi connectivity index (χ0) is 14.5. The van der Waals surface area contributed by atoms with Gasteiger partial charge in [-0.2, -0.15) is 0 Å². The summed E-state index contributed by atoms with van der Waals surface area (Å²) in [6.45, 7) is 4.88. The van der Waals surface area contributed by atoms with Gasteiger partial charge >= 0.3 is 0 Å². The molecule has 0 atom stereocenters. The Hall–Kier alpha value is -2.00. The van der Waals surface area contributed by atoms with Crippen molar-refractivity contribution in [3.8, 4) is 0 Å². The summed E-state index contributed by atoms with van der Waals surface area (Å²) < 4.78 is 0. The van der Waals surface area contributed by atoms with Crippen molar-refractivity contribution in [2.75, 3.05) is 17.2 Å². The van der Waals surface area contributed by atoms with Crippen LogP contribution in [0.5, 0.6) is 0 Å². The molecule has 0 aliphatic carbocycles. The monoisotopic (exact) mass is 288 g/mol. The Balaban J connectivity index is 2.13. The predicted octanol–water partition coefficient (Wildman–Crippen LogP) is 4.33. The van der Waals surface area contributed by atoms with Crippen molar-refractivity contribution in [3.05, 3.63) is 58.6 Å². The molecule has 0 aliphatic rings. The van der Waals surface area contributed by atoms with E-state index < -0.39 is 0 Å². The first-order valence-corrected chi connectivity index (χ1v) is 6.89. The molecule has 0 spiro atoms. The molecule has 2 aromatic rings. The van der Waals surface area contributed by atoms with E-state index >= 15 is 0 Å². The molecule has 0 heterocycles. The second kappa shape index (κ2) is 6.44. The summed E-state index contributed by atoms with van der Waals surface area (Å²) in [7, 11) is 0. The van der Waals surface area contributed by atoms with Crippen molar-refractivity contribution < 1.29 is 4.79 Å². The Bertz CT molecular complexity index is 608. The molecule has 0 aliphatic heterocycles. The fourth-order valence-corrected chi connectivity index (χ4v) is 2.06. The standard InChI is InChI=1S/C16H17ClN2O/c1-3-18-15-9-4-12(10-11(15)2)16(20)19-14-7-5-13(17)6-8-14/h4-10,18H,3H2,1-2H3,(H,19,20). The summed E-state index contributed by atoms with van der Waals surface area (Å²) in [5, 5.41) is 6.74. The van der Waals surface area contributed by atoms with E-state index in [9.17, 15) is 4.79 Å². The van der Waals surface area contributed by atoms with Gasteiger partial charge < -0.3 is 10.6 Å². The van der Waals surface area contributed by atoms with Crippen LogP contribution in [-0.2, 0) is 0 Å². The molecular weight excluding hydrogens is 272 g/mol. The molecule has 0 saturated carbocycles. The van der Waals surface area contributed by atoms with Crippen LogP contribution in [0.25, 0.3) is 0 Å². The third kappa shape index (κ3) is 3.52. The highest BCUT2D eigenvalue weighted by atomic mass is 35.5. The minimum Gasteiger partial charge on any atom is -0.385 e. The summed E-state index contributed by atoms with van der Waals surface area (Å²) in [4.78, 5) is 12.2. The van der Waals surface area contributed by atoms with Crippen LogP contribution in [0.1, 0.15) is 22.8 Å². The second-order valence-corrected chi connectivity index (χ2v) is 4.96. The van der Waals surface area contributed by atoms with Gasteiger partial charge in [0.2, 0.25) is 0 Å². The number of rotatable bonds is 4. The van der Waals surface area contributed by atoms with Crippen molar-refractivity contribution in [2.45, 2.75) is 13.8 Å². The van der Waals surface area contributed by atoms with E-state index in [1.165, 1.54) is 0 Å². The van der Waals surface area contributed by atoms with E-state index in [2.05, 4.69) is 10.6 Å². The first-order valence-electron chi connectivity index (χ1n) is 6.51.